The molecular weight excluding hydrogens is 404 g/mol. The van der Waals surface area contributed by atoms with Crippen LogP contribution in [0.2, 0.25) is 0 Å². The van der Waals surface area contributed by atoms with Gasteiger partial charge in [-0.2, -0.15) is 5.10 Å². The van der Waals surface area contributed by atoms with Gasteiger partial charge in [0, 0.05) is 12.1 Å². The number of amides is 1. The molecule has 0 spiro atoms. The van der Waals surface area contributed by atoms with Crippen LogP contribution in [0.4, 0.5) is 5.82 Å². The van der Waals surface area contributed by atoms with Crippen LogP contribution >= 0.6 is 0 Å². The second kappa shape index (κ2) is 9.18. The van der Waals surface area contributed by atoms with E-state index in [0.29, 0.717) is 12.2 Å². The number of ether oxygens (including phenoxy) is 1. The van der Waals surface area contributed by atoms with E-state index >= 15 is 0 Å². The Morgan fingerprint density at radius 2 is 2.07 bits per heavy atom. The molecule has 30 heavy (non-hydrogen) atoms. The molecular formula is C21H30N4O4S. The van der Waals surface area contributed by atoms with Crippen molar-refractivity contribution < 1.29 is 17.9 Å². The van der Waals surface area contributed by atoms with E-state index in [1.807, 2.05) is 43.1 Å². The van der Waals surface area contributed by atoms with Crippen LogP contribution < -0.4 is 10.1 Å². The van der Waals surface area contributed by atoms with Gasteiger partial charge in [0.15, 0.2) is 9.84 Å². The summed E-state index contributed by atoms with van der Waals surface area (Å²) in [7, 11) is 0.525. The Hall–Kier alpha value is -2.39. The summed E-state index contributed by atoms with van der Waals surface area (Å²) in [6.07, 6.45) is 1.33. The predicted molar refractivity (Wildman–Crippen MR) is 117 cm³/mol. The van der Waals surface area contributed by atoms with E-state index in [0.717, 1.165) is 17.9 Å². The highest BCUT2D eigenvalue weighted by atomic mass is 32.2. The molecule has 0 aliphatic carbocycles. The lowest BCUT2D eigenvalue weighted by molar-refractivity contribution is -0.117. The SMILES string of the molecule is COc1ccc(CC(C)N(C)CC(=O)Nc2cc(C)nn2C2CCS(=O)(=O)C2)cc1. The van der Waals surface area contributed by atoms with E-state index in [2.05, 4.69) is 17.3 Å². The average Bonchev–Trinajstić information content (AvgIpc) is 3.23. The summed E-state index contributed by atoms with van der Waals surface area (Å²) in [5, 5.41) is 7.32. The van der Waals surface area contributed by atoms with Gasteiger partial charge in [-0.3, -0.25) is 9.69 Å². The van der Waals surface area contributed by atoms with Crippen molar-refractivity contribution in [3.05, 3.63) is 41.6 Å². The normalized spacial score (nSPS) is 19.0. The van der Waals surface area contributed by atoms with Crippen molar-refractivity contribution in [3.63, 3.8) is 0 Å². The van der Waals surface area contributed by atoms with Gasteiger partial charge in [-0.1, -0.05) is 12.1 Å². The van der Waals surface area contributed by atoms with Crippen LogP contribution in [0, 0.1) is 6.92 Å². The molecule has 1 saturated heterocycles. The van der Waals surface area contributed by atoms with Gasteiger partial charge in [0.05, 0.1) is 36.9 Å². The van der Waals surface area contributed by atoms with Crippen molar-refractivity contribution in [2.24, 2.45) is 0 Å². The van der Waals surface area contributed by atoms with Crippen molar-refractivity contribution in [1.29, 1.82) is 0 Å². The molecule has 9 heteroatoms. The molecule has 1 aliphatic heterocycles. The van der Waals surface area contributed by atoms with Crippen LogP contribution in [0.5, 0.6) is 5.75 Å². The number of carbonyl (C=O) groups is 1. The van der Waals surface area contributed by atoms with Gasteiger partial charge in [0.1, 0.15) is 11.6 Å². The number of benzene rings is 1. The van der Waals surface area contributed by atoms with Gasteiger partial charge in [0.2, 0.25) is 5.91 Å². The molecule has 1 aromatic carbocycles. The first kappa shape index (κ1) is 22.3. The van der Waals surface area contributed by atoms with Crippen LogP contribution in [0.15, 0.2) is 30.3 Å². The number of hydrogen-bond donors (Lipinski definition) is 1. The number of sulfone groups is 1. The molecule has 0 bridgehead atoms. The van der Waals surface area contributed by atoms with Crippen molar-refractivity contribution >= 4 is 21.6 Å². The lowest BCUT2D eigenvalue weighted by Crippen LogP contribution is -2.38. The molecule has 0 radical (unpaired) electrons. The van der Waals surface area contributed by atoms with Gasteiger partial charge in [0.25, 0.3) is 0 Å². The number of methoxy groups -OCH3 is 1. The largest absolute Gasteiger partial charge is 0.497 e. The van der Waals surface area contributed by atoms with Crippen LogP contribution in [-0.2, 0) is 21.1 Å². The molecule has 1 amide bonds. The number of aryl methyl sites for hydroxylation is 1. The molecule has 1 fully saturated rings. The third-order valence-corrected chi connectivity index (χ3v) is 7.27. The molecule has 8 nitrogen and oxygen atoms in total. The number of carbonyl (C=O) groups excluding carboxylic acids is 1. The zero-order valence-electron chi connectivity index (χ0n) is 18.0. The minimum Gasteiger partial charge on any atom is -0.497 e. The molecule has 2 atom stereocenters. The van der Waals surface area contributed by atoms with Gasteiger partial charge in [-0.15, -0.1) is 0 Å². The highest BCUT2D eigenvalue weighted by Crippen LogP contribution is 2.27. The van der Waals surface area contributed by atoms with E-state index in [1.54, 1.807) is 17.9 Å². The second-order valence-corrected chi connectivity index (χ2v) is 10.3. The summed E-state index contributed by atoms with van der Waals surface area (Å²) in [6.45, 7) is 4.14. The Morgan fingerprint density at radius 1 is 1.37 bits per heavy atom. The fourth-order valence-electron chi connectivity index (χ4n) is 3.68. The summed E-state index contributed by atoms with van der Waals surface area (Å²) in [4.78, 5) is 14.6. The maximum atomic E-state index is 12.6. The van der Waals surface area contributed by atoms with Gasteiger partial charge < -0.3 is 10.1 Å². The molecule has 3 rings (SSSR count). The lowest BCUT2D eigenvalue weighted by Gasteiger charge is -2.24. The van der Waals surface area contributed by atoms with Gasteiger partial charge in [-0.05, 0) is 51.4 Å². The number of anilines is 1. The Morgan fingerprint density at radius 3 is 2.67 bits per heavy atom. The molecule has 1 aliphatic rings. The van der Waals surface area contributed by atoms with Crippen LogP contribution in [0.25, 0.3) is 0 Å². The standard InChI is InChI=1S/C21H30N4O4S/c1-15-11-20(25(23-15)18-9-10-30(27,28)14-18)22-21(26)13-24(3)16(2)12-17-5-7-19(29-4)8-6-17/h5-8,11,16,18H,9-10,12-14H2,1-4H3,(H,22,26). The molecule has 2 aromatic rings. The van der Waals surface area contributed by atoms with Crippen LogP contribution in [-0.4, -0.2) is 67.3 Å². The first-order valence-electron chi connectivity index (χ1n) is 10.1. The van der Waals surface area contributed by atoms with E-state index < -0.39 is 9.84 Å². The molecule has 1 N–H and O–H groups in total. The molecule has 1 aromatic heterocycles. The summed E-state index contributed by atoms with van der Waals surface area (Å²) >= 11 is 0. The molecule has 2 unspecified atom stereocenters. The number of hydrogen-bond acceptors (Lipinski definition) is 6. The van der Waals surface area contributed by atoms with Crippen LogP contribution in [0.3, 0.4) is 0 Å². The van der Waals surface area contributed by atoms with Gasteiger partial charge in [-0.25, -0.2) is 13.1 Å². The number of likely N-dealkylation sites (N-methyl/N-ethyl adjacent to an activating group) is 1. The molecule has 2 heterocycles. The van der Waals surface area contributed by atoms with Crippen molar-refractivity contribution in [2.75, 3.05) is 37.5 Å². The Kier molecular flexibility index (Phi) is 6.82. The zero-order chi connectivity index (χ0) is 21.9. The third-order valence-electron chi connectivity index (χ3n) is 5.52. The number of nitrogens with one attached hydrogen (secondary N) is 1. The van der Waals surface area contributed by atoms with E-state index in [4.69, 9.17) is 4.74 Å². The monoisotopic (exact) mass is 434 g/mol. The van der Waals surface area contributed by atoms with Crippen LogP contribution in [0.1, 0.15) is 30.6 Å². The minimum absolute atomic E-state index is 0.0653. The zero-order valence-corrected chi connectivity index (χ0v) is 18.8. The number of nitrogens with zero attached hydrogens (tertiary/aromatic N) is 3. The first-order valence-corrected chi connectivity index (χ1v) is 11.9. The smallest absolute Gasteiger partial charge is 0.239 e. The Bertz CT molecular complexity index is 985. The number of rotatable bonds is 8. The quantitative estimate of drug-likeness (QED) is 0.684. The van der Waals surface area contributed by atoms with Gasteiger partial charge >= 0.3 is 0 Å². The van der Waals surface area contributed by atoms with Crippen molar-refractivity contribution in [2.45, 2.75) is 38.8 Å². The second-order valence-electron chi connectivity index (χ2n) is 8.04. The summed E-state index contributed by atoms with van der Waals surface area (Å²) < 4.78 is 30.5. The molecule has 164 valence electrons. The van der Waals surface area contributed by atoms with E-state index in [9.17, 15) is 13.2 Å². The Balaban J connectivity index is 1.58. The van der Waals surface area contributed by atoms with E-state index in [1.165, 1.54) is 5.56 Å². The highest BCUT2D eigenvalue weighted by Gasteiger charge is 2.31. The topological polar surface area (TPSA) is 93.5 Å². The fourth-order valence-corrected chi connectivity index (χ4v) is 5.37. The maximum absolute atomic E-state index is 12.6. The maximum Gasteiger partial charge on any atom is 0.239 e. The summed E-state index contributed by atoms with van der Waals surface area (Å²) in [6, 6.07) is 9.63. The highest BCUT2D eigenvalue weighted by molar-refractivity contribution is 7.91. The predicted octanol–water partition coefficient (Wildman–Crippen LogP) is 2.06. The molecule has 0 saturated carbocycles. The lowest BCUT2D eigenvalue weighted by atomic mass is 10.1. The van der Waals surface area contributed by atoms with E-state index in [-0.39, 0.29) is 36.0 Å². The average molecular weight is 435 g/mol. The van der Waals surface area contributed by atoms with Crippen molar-refractivity contribution in [1.82, 2.24) is 14.7 Å². The first-order chi connectivity index (χ1) is 14.2. The fraction of sp³-hybridized carbons (Fsp3) is 0.524. The number of aromatic nitrogens is 2. The minimum atomic E-state index is -3.03. The third kappa shape index (κ3) is 5.60. The van der Waals surface area contributed by atoms with Crippen molar-refractivity contribution in [3.8, 4) is 5.75 Å². The Labute approximate surface area is 178 Å². The summed E-state index contributed by atoms with van der Waals surface area (Å²) in [5.74, 6) is 1.45. The summed E-state index contributed by atoms with van der Waals surface area (Å²) in [5.41, 5.74) is 1.92.